The van der Waals surface area contributed by atoms with Gasteiger partial charge in [-0.25, -0.2) is 0 Å². The van der Waals surface area contributed by atoms with Crippen molar-refractivity contribution >= 4 is 21.6 Å². The highest BCUT2D eigenvalue weighted by atomic mass is 79.9. The van der Waals surface area contributed by atoms with Crippen molar-refractivity contribution in [2.24, 2.45) is 5.92 Å². The molecule has 0 bridgehead atoms. The molecule has 0 spiro atoms. The number of phenols is 1. The van der Waals surface area contributed by atoms with E-state index in [-0.39, 0.29) is 17.9 Å². The van der Waals surface area contributed by atoms with Gasteiger partial charge < -0.3 is 15.2 Å². The van der Waals surface area contributed by atoms with Crippen LogP contribution in [0, 0.1) is 12.8 Å². The van der Waals surface area contributed by atoms with Gasteiger partial charge in [-0.2, -0.15) is 0 Å². The summed E-state index contributed by atoms with van der Waals surface area (Å²) in [7, 11) is 0. The maximum absolute atomic E-state index is 9.77. The van der Waals surface area contributed by atoms with Gasteiger partial charge in [-0.05, 0) is 59.5 Å². The minimum Gasteiger partial charge on any atom is -0.507 e. The Morgan fingerprint density at radius 3 is 2.91 bits per heavy atom. The van der Waals surface area contributed by atoms with Gasteiger partial charge in [0.25, 0.3) is 0 Å². The van der Waals surface area contributed by atoms with Crippen LogP contribution in [-0.2, 0) is 4.74 Å². The van der Waals surface area contributed by atoms with Gasteiger partial charge in [0.1, 0.15) is 5.75 Å². The van der Waals surface area contributed by atoms with Gasteiger partial charge in [0, 0.05) is 23.8 Å². The van der Waals surface area contributed by atoms with E-state index in [2.05, 4.69) is 46.4 Å². The van der Waals surface area contributed by atoms with Crippen molar-refractivity contribution in [2.45, 2.75) is 31.9 Å². The predicted octanol–water partition coefficient (Wildman–Crippen LogP) is 5.10. The number of aromatic hydroxyl groups is 1. The number of benzene rings is 2. The monoisotopic (exact) mass is 373 g/mol. The highest BCUT2D eigenvalue weighted by Crippen LogP contribution is 2.49. The summed E-state index contributed by atoms with van der Waals surface area (Å²) in [6, 6.07) is 12.5. The highest BCUT2D eigenvalue weighted by molar-refractivity contribution is 9.10. The van der Waals surface area contributed by atoms with Crippen molar-refractivity contribution in [1.82, 2.24) is 0 Å². The number of aryl methyl sites for hydroxylation is 1. The van der Waals surface area contributed by atoms with Crippen molar-refractivity contribution in [3.63, 3.8) is 0 Å². The summed E-state index contributed by atoms with van der Waals surface area (Å²) in [5, 5.41) is 13.5. The Labute approximate surface area is 144 Å². The van der Waals surface area contributed by atoms with E-state index in [0.717, 1.165) is 29.6 Å². The van der Waals surface area contributed by atoms with Gasteiger partial charge in [0.2, 0.25) is 0 Å². The van der Waals surface area contributed by atoms with E-state index in [4.69, 9.17) is 4.74 Å². The van der Waals surface area contributed by atoms with Crippen LogP contribution in [0.25, 0.3) is 0 Å². The number of ether oxygens (including phenoxy) is 1. The van der Waals surface area contributed by atoms with Crippen molar-refractivity contribution < 1.29 is 9.84 Å². The molecule has 1 saturated heterocycles. The van der Waals surface area contributed by atoms with E-state index in [0.29, 0.717) is 5.92 Å². The first kappa shape index (κ1) is 15.0. The maximum atomic E-state index is 9.77. The van der Waals surface area contributed by atoms with E-state index in [1.807, 2.05) is 12.1 Å². The van der Waals surface area contributed by atoms with Gasteiger partial charge in [-0.3, -0.25) is 0 Å². The Bertz CT molecular complexity index is 746. The Morgan fingerprint density at radius 1 is 1.22 bits per heavy atom. The number of fused-ring (bicyclic) bond motifs is 3. The van der Waals surface area contributed by atoms with Crippen LogP contribution in [0.15, 0.2) is 40.9 Å². The Balaban J connectivity index is 1.78. The topological polar surface area (TPSA) is 41.5 Å². The average Bonchev–Trinajstić information content (AvgIpc) is 2.57. The van der Waals surface area contributed by atoms with Crippen LogP contribution in [0.3, 0.4) is 0 Å². The molecule has 2 heterocycles. The zero-order valence-electron chi connectivity index (χ0n) is 13.1. The van der Waals surface area contributed by atoms with E-state index in [1.165, 1.54) is 16.7 Å². The van der Waals surface area contributed by atoms with E-state index >= 15 is 0 Å². The number of hydrogen-bond acceptors (Lipinski definition) is 3. The molecule has 4 rings (SSSR count). The van der Waals surface area contributed by atoms with Gasteiger partial charge in [-0.1, -0.05) is 23.8 Å². The Kier molecular flexibility index (Phi) is 3.82. The summed E-state index contributed by atoms with van der Waals surface area (Å²) in [6.45, 7) is 2.96. The molecular formula is C19H20BrNO2. The standard InChI is InChI=1S/C19H20BrNO2/c1-11-4-6-16-14(9-11)19-13(3-2-8-23-19)18(21-16)12-5-7-17(22)15(20)10-12/h4-7,9-10,13,18-19,21-22H,2-3,8H2,1H3/t13-,18?,19-/m0/s1. The first-order valence-electron chi connectivity index (χ1n) is 8.10. The van der Waals surface area contributed by atoms with Gasteiger partial charge >= 0.3 is 0 Å². The fraction of sp³-hybridized carbons (Fsp3) is 0.368. The number of rotatable bonds is 1. The number of hydrogen-bond donors (Lipinski definition) is 2. The van der Waals surface area contributed by atoms with Crippen LogP contribution in [0.2, 0.25) is 0 Å². The third-order valence-corrected chi connectivity index (χ3v) is 5.59. The molecule has 4 heteroatoms. The summed E-state index contributed by atoms with van der Waals surface area (Å²) in [4.78, 5) is 0. The SMILES string of the molecule is Cc1ccc2c(c1)[C@H]1OCCC[C@H]1C(c1ccc(O)c(Br)c1)N2. The number of phenolic OH excluding ortho intramolecular Hbond substituents is 1. The fourth-order valence-electron chi connectivity index (χ4n) is 3.84. The summed E-state index contributed by atoms with van der Waals surface area (Å²) >= 11 is 3.43. The molecule has 1 unspecified atom stereocenters. The quantitative estimate of drug-likeness (QED) is 0.730. The van der Waals surface area contributed by atoms with E-state index in [1.54, 1.807) is 6.07 Å². The molecule has 3 atom stereocenters. The van der Waals surface area contributed by atoms with Gasteiger partial charge in [0.05, 0.1) is 16.6 Å². The molecule has 2 aliphatic heterocycles. The summed E-state index contributed by atoms with van der Waals surface area (Å²) in [5.41, 5.74) is 4.89. The fourth-order valence-corrected chi connectivity index (χ4v) is 4.23. The molecular weight excluding hydrogens is 354 g/mol. The molecule has 0 amide bonds. The number of anilines is 1. The molecule has 1 fully saturated rings. The second-order valence-electron chi connectivity index (χ2n) is 6.52. The lowest BCUT2D eigenvalue weighted by atomic mass is 9.77. The van der Waals surface area contributed by atoms with Crippen LogP contribution >= 0.6 is 15.9 Å². The maximum Gasteiger partial charge on any atom is 0.129 e. The van der Waals surface area contributed by atoms with Crippen LogP contribution < -0.4 is 5.32 Å². The first-order valence-corrected chi connectivity index (χ1v) is 8.90. The predicted molar refractivity (Wildman–Crippen MR) is 94.8 cm³/mol. The molecule has 3 nitrogen and oxygen atoms in total. The van der Waals surface area contributed by atoms with E-state index < -0.39 is 0 Å². The van der Waals surface area contributed by atoms with Gasteiger partial charge in [0.15, 0.2) is 0 Å². The lowest BCUT2D eigenvalue weighted by Crippen LogP contribution is -2.36. The third-order valence-electron chi connectivity index (χ3n) is 4.95. The molecule has 0 radical (unpaired) electrons. The third kappa shape index (κ3) is 2.64. The molecule has 0 aromatic heterocycles. The van der Waals surface area contributed by atoms with Crippen molar-refractivity contribution in [3.05, 3.63) is 57.6 Å². The van der Waals surface area contributed by atoms with Crippen LogP contribution in [-0.4, -0.2) is 11.7 Å². The van der Waals surface area contributed by atoms with E-state index in [9.17, 15) is 5.11 Å². The second kappa shape index (κ2) is 5.84. The summed E-state index contributed by atoms with van der Waals surface area (Å²) < 4.78 is 6.90. The first-order chi connectivity index (χ1) is 11.1. The molecule has 2 aliphatic rings. The lowest BCUT2D eigenvalue weighted by molar-refractivity contribution is -0.0381. The zero-order chi connectivity index (χ0) is 16.0. The molecule has 0 saturated carbocycles. The van der Waals surface area contributed by atoms with Crippen molar-refractivity contribution in [2.75, 3.05) is 11.9 Å². The zero-order valence-corrected chi connectivity index (χ0v) is 14.6. The minimum atomic E-state index is 0.150. The molecule has 2 N–H and O–H groups in total. The largest absolute Gasteiger partial charge is 0.507 e. The molecule has 0 aliphatic carbocycles. The highest BCUT2D eigenvalue weighted by Gasteiger charge is 2.39. The molecule has 2 aromatic rings. The van der Waals surface area contributed by atoms with Crippen LogP contribution in [0.5, 0.6) is 5.75 Å². The average molecular weight is 374 g/mol. The number of halogens is 1. The minimum absolute atomic E-state index is 0.150. The van der Waals surface area contributed by atoms with Gasteiger partial charge in [-0.15, -0.1) is 0 Å². The molecule has 23 heavy (non-hydrogen) atoms. The number of nitrogens with one attached hydrogen (secondary N) is 1. The normalized spacial score (nSPS) is 26.1. The molecule has 2 aromatic carbocycles. The van der Waals surface area contributed by atoms with Crippen molar-refractivity contribution in [3.8, 4) is 5.75 Å². The smallest absolute Gasteiger partial charge is 0.129 e. The molecule has 120 valence electrons. The summed E-state index contributed by atoms with van der Waals surface area (Å²) in [6.07, 6.45) is 2.39. The van der Waals surface area contributed by atoms with Crippen LogP contribution in [0.4, 0.5) is 5.69 Å². The lowest BCUT2D eigenvalue weighted by Gasteiger charge is -2.43. The Morgan fingerprint density at radius 2 is 2.09 bits per heavy atom. The Hall–Kier alpha value is -1.52. The van der Waals surface area contributed by atoms with Crippen LogP contribution in [0.1, 0.15) is 41.7 Å². The second-order valence-corrected chi connectivity index (χ2v) is 7.38. The summed E-state index contributed by atoms with van der Waals surface area (Å²) in [5.74, 6) is 0.687. The van der Waals surface area contributed by atoms with Crippen molar-refractivity contribution in [1.29, 1.82) is 0 Å².